The van der Waals surface area contributed by atoms with Crippen molar-refractivity contribution >= 4 is 28.5 Å². The fourth-order valence-corrected chi connectivity index (χ4v) is 4.89. The molecule has 2 aromatic carbocycles. The molecule has 98 valence electrons. The Morgan fingerprint density at radius 2 is 1.00 bits per heavy atom. The molecule has 0 spiro atoms. The van der Waals surface area contributed by atoms with Crippen LogP contribution in [0.5, 0.6) is 0 Å². The van der Waals surface area contributed by atoms with Crippen LogP contribution in [-0.4, -0.2) is 43.5 Å². The Kier molecular flexibility index (Phi) is 8.57. The molecule has 2 radical (unpaired) electrons. The van der Waals surface area contributed by atoms with E-state index in [4.69, 9.17) is 15.1 Å². The third kappa shape index (κ3) is 8.83. The van der Waals surface area contributed by atoms with Gasteiger partial charge in [-0.05, 0) is 0 Å². The maximum absolute atomic E-state index is 7.17. The van der Waals surface area contributed by atoms with Crippen molar-refractivity contribution in [2.75, 3.05) is 0 Å². The van der Waals surface area contributed by atoms with E-state index in [1.54, 1.807) is 0 Å². The summed E-state index contributed by atoms with van der Waals surface area (Å²) in [6, 6.07) is 21.7. The number of benzene rings is 2. The molecule has 0 fully saturated rings. The van der Waals surface area contributed by atoms with Crippen molar-refractivity contribution in [2.24, 2.45) is 0 Å². The number of hydrogen-bond donors (Lipinski definition) is 3. The molecule has 0 saturated carbocycles. The third-order valence-corrected chi connectivity index (χ3v) is 6.10. The summed E-state index contributed by atoms with van der Waals surface area (Å²) in [4.78, 5) is 0. The van der Waals surface area contributed by atoms with E-state index in [0.29, 0.717) is 0 Å². The summed E-state index contributed by atoms with van der Waals surface area (Å²) in [7, 11) is -2.17. The van der Waals surface area contributed by atoms with Gasteiger partial charge in [0.2, 0.25) is 0 Å². The second-order valence-electron chi connectivity index (χ2n) is 3.92. The van der Waals surface area contributed by atoms with Crippen molar-refractivity contribution in [3.8, 4) is 0 Å². The van der Waals surface area contributed by atoms with Crippen LogP contribution in [0.2, 0.25) is 0 Å². The van der Waals surface area contributed by atoms with Gasteiger partial charge in [0.1, 0.15) is 0 Å². The second kappa shape index (κ2) is 10.0. The first kappa shape index (κ1) is 16.2. The van der Waals surface area contributed by atoms with Crippen LogP contribution in [0, 0.1) is 0 Å². The van der Waals surface area contributed by atoms with Gasteiger partial charge in [-0.2, -0.15) is 0 Å². The summed E-state index contributed by atoms with van der Waals surface area (Å²) in [5, 5.41) is 21.5. The van der Waals surface area contributed by atoms with E-state index >= 15 is 0 Å². The minimum atomic E-state index is -2.17. The SMILES string of the molecule is OB(O)O.c1ccc([CH2][Sn][CH2]c2ccccc2)cc1. The molecule has 0 aromatic heterocycles. The molecule has 3 N–H and O–H groups in total. The van der Waals surface area contributed by atoms with Gasteiger partial charge in [0.05, 0.1) is 0 Å². The zero-order valence-corrected chi connectivity index (χ0v) is 13.5. The van der Waals surface area contributed by atoms with E-state index in [2.05, 4.69) is 60.7 Å². The van der Waals surface area contributed by atoms with Crippen molar-refractivity contribution in [1.29, 1.82) is 0 Å². The quantitative estimate of drug-likeness (QED) is 0.712. The topological polar surface area (TPSA) is 60.7 Å². The van der Waals surface area contributed by atoms with E-state index in [1.165, 1.54) is 20.0 Å². The van der Waals surface area contributed by atoms with Crippen molar-refractivity contribution in [3.05, 3.63) is 71.8 Å². The summed E-state index contributed by atoms with van der Waals surface area (Å²) in [6.45, 7) is 0. The standard InChI is InChI=1S/2C7H7.BH3O3.Sn/c2*1-7-5-3-2-4-6-7;2-1(3)4;/h2*2-6H,1H2;2-4H;. The fraction of sp³-hybridized carbons (Fsp3) is 0.143. The maximum atomic E-state index is 7.17. The summed E-state index contributed by atoms with van der Waals surface area (Å²) in [5.74, 6) is 0. The Bertz CT molecular complexity index is 395. The number of rotatable bonds is 4. The van der Waals surface area contributed by atoms with Gasteiger partial charge in [-0.3, -0.25) is 0 Å². The minimum absolute atomic E-state index is 0.258. The molecule has 5 heteroatoms. The van der Waals surface area contributed by atoms with Gasteiger partial charge >= 0.3 is 109 Å². The van der Waals surface area contributed by atoms with Crippen LogP contribution >= 0.6 is 0 Å². The summed E-state index contributed by atoms with van der Waals surface area (Å²) in [6.07, 6.45) is 0. The van der Waals surface area contributed by atoms with Gasteiger partial charge in [0.25, 0.3) is 0 Å². The van der Waals surface area contributed by atoms with Crippen LogP contribution in [0.1, 0.15) is 11.1 Å². The third-order valence-electron chi connectivity index (χ3n) is 2.34. The van der Waals surface area contributed by atoms with Crippen LogP contribution in [-0.2, 0) is 8.87 Å². The van der Waals surface area contributed by atoms with E-state index in [1.807, 2.05) is 0 Å². The first-order chi connectivity index (χ1) is 9.18. The first-order valence-corrected chi connectivity index (χ1v) is 10.0. The Balaban J connectivity index is 0.000000399. The van der Waals surface area contributed by atoms with E-state index in [9.17, 15) is 0 Å². The molecule has 0 heterocycles. The molecule has 0 saturated heterocycles. The zero-order valence-electron chi connectivity index (χ0n) is 10.6. The van der Waals surface area contributed by atoms with Gasteiger partial charge in [-0.15, -0.1) is 0 Å². The van der Waals surface area contributed by atoms with Crippen LogP contribution in [0.3, 0.4) is 0 Å². The van der Waals surface area contributed by atoms with Gasteiger partial charge < -0.3 is 15.1 Å². The molecule has 0 amide bonds. The Morgan fingerprint density at radius 3 is 1.32 bits per heavy atom. The van der Waals surface area contributed by atoms with Gasteiger partial charge in [0, 0.05) is 0 Å². The molecule has 3 nitrogen and oxygen atoms in total. The molecular weight excluding hydrogens is 346 g/mol. The molecule has 2 aromatic rings. The van der Waals surface area contributed by atoms with E-state index in [-0.39, 0.29) is 21.1 Å². The van der Waals surface area contributed by atoms with E-state index < -0.39 is 7.32 Å². The van der Waals surface area contributed by atoms with Crippen molar-refractivity contribution in [3.63, 3.8) is 0 Å². The molecule has 0 aliphatic carbocycles. The molecule has 0 bridgehead atoms. The van der Waals surface area contributed by atoms with Gasteiger partial charge in [0.15, 0.2) is 0 Å². The van der Waals surface area contributed by atoms with Crippen LogP contribution < -0.4 is 0 Å². The molecule has 0 atom stereocenters. The van der Waals surface area contributed by atoms with Crippen LogP contribution in [0.25, 0.3) is 0 Å². The Morgan fingerprint density at radius 1 is 0.684 bits per heavy atom. The molecule has 0 aliphatic heterocycles. The van der Waals surface area contributed by atoms with Gasteiger partial charge in [-0.1, -0.05) is 0 Å². The molecular formula is C14H17BO3Sn. The monoisotopic (exact) mass is 364 g/mol. The normalized spacial score (nSPS) is 9.42. The fourth-order valence-electron chi connectivity index (χ4n) is 1.54. The Hall–Kier alpha value is -0.816. The summed E-state index contributed by atoms with van der Waals surface area (Å²) in [5.41, 5.74) is 3.03. The summed E-state index contributed by atoms with van der Waals surface area (Å²) < 4.78 is 2.69. The Labute approximate surface area is 124 Å². The average molecular weight is 363 g/mol. The van der Waals surface area contributed by atoms with Crippen LogP contribution in [0.15, 0.2) is 60.7 Å². The average Bonchev–Trinajstić information content (AvgIpc) is 2.41. The molecule has 0 aliphatic rings. The second-order valence-corrected chi connectivity index (χ2v) is 7.37. The number of hydrogen-bond acceptors (Lipinski definition) is 3. The predicted molar refractivity (Wildman–Crippen MR) is 78.5 cm³/mol. The molecule has 0 unspecified atom stereocenters. The van der Waals surface area contributed by atoms with E-state index in [0.717, 1.165) is 0 Å². The van der Waals surface area contributed by atoms with Gasteiger partial charge in [-0.25, -0.2) is 0 Å². The summed E-state index contributed by atoms with van der Waals surface area (Å²) >= 11 is -0.258. The molecule has 19 heavy (non-hydrogen) atoms. The first-order valence-electron chi connectivity index (χ1n) is 6.01. The van der Waals surface area contributed by atoms with Crippen molar-refractivity contribution in [2.45, 2.75) is 8.87 Å². The van der Waals surface area contributed by atoms with Crippen molar-refractivity contribution < 1.29 is 15.1 Å². The molecule has 2 rings (SSSR count). The van der Waals surface area contributed by atoms with Crippen LogP contribution in [0.4, 0.5) is 0 Å². The van der Waals surface area contributed by atoms with Crippen molar-refractivity contribution in [1.82, 2.24) is 0 Å². The zero-order chi connectivity index (χ0) is 13.9. The predicted octanol–water partition coefficient (Wildman–Crippen LogP) is 1.04.